The van der Waals surface area contributed by atoms with E-state index in [2.05, 4.69) is 6.58 Å². The third-order valence-corrected chi connectivity index (χ3v) is 3.04. The minimum atomic E-state index is -0.734. The summed E-state index contributed by atoms with van der Waals surface area (Å²) in [5, 5.41) is 8.98. The van der Waals surface area contributed by atoms with Gasteiger partial charge in [-0.25, -0.2) is 4.79 Å². The standard InChI is InChI=1S/C12H18O2/c1-4-9-7-10(8(2)3)5-6-11(9)12(13)14/h10H,2,4-7H2,1,3H3,(H,13,14)/t10-/m1/s1. The van der Waals surface area contributed by atoms with Crippen LogP contribution in [0.4, 0.5) is 0 Å². The van der Waals surface area contributed by atoms with E-state index >= 15 is 0 Å². The maximum absolute atomic E-state index is 10.9. The maximum Gasteiger partial charge on any atom is 0.331 e. The summed E-state index contributed by atoms with van der Waals surface area (Å²) in [7, 11) is 0. The number of allylic oxidation sites excluding steroid dienone is 2. The van der Waals surface area contributed by atoms with Gasteiger partial charge >= 0.3 is 5.97 Å². The average molecular weight is 194 g/mol. The highest BCUT2D eigenvalue weighted by molar-refractivity contribution is 5.87. The van der Waals surface area contributed by atoms with Crippen LogP contribution in [0.15, 0.2) is 23.3 Å². The summed E-state index contributed by atoms with van der Waals surface area (Å²) in [4.78, 5) is 10.9. The molecule has 1 aliphatic rings. The van der Waals surface area contributed by atoms with Gasteiger partial charge in [0.15, 0.2) is 0 Å². The van der Waals surface area contributed by atoms with Gasteiger partial charge in [-0.1, -0.05) is 24.6 Å². The second-order valence-electron chi connectivity index (χ2n) is 4.03. The summed E-state index contributed by atoms with van der Waals surface area (Å²) in [6, 6.07) is 0. The number of rotatable bonds is 3. The minimum Gasteiger partial charge on any atom is -0.478 e. The van der Waals surface area contributed by atoms with Crippen molar-refractivity contribution in [2.75, 3.05) is 0 Å². The van der Waals surface area contributed by atoms with Gasteiger partial charge in [0.25, 0.3) is 0 Å². The van der Waals surface area contributed by atoms with Gasteiger partial charge in [-0.3, -0.25) is 0 Å². The highest BCUT2D eigenvalue weighted by atomic mass is 16.4. The molecule has 0 spiro atoms. The third kappa shape index (κ3) is 2.25. The summed E-state index contributed by atoms with van der Waals surface area (Å²) in [5.74, 6) is -0.241. The summed E-state index contributed by atoms with van der Waals surface area (Å²) in [6.07, 6.45) is 3.40. The van der Waals surface area contributed by atoms with Crippen LogP contribution in [0, 0.1) is 5.92 Å². The summed E-state index contributed by atoms with van der Waals surface area (Å²) >= 11 is 0. The van der Waals surface area contributed by atoms with E-state index in [4.69, 9.17) is 5.11 Å². The Morgan fingerprint density at radius 3 is 2.71 bits per heavy atom. The lowest BCUT2D eigenvalue weighted by molar-refractivity contribution is -0.133. The second kappa shape index (κ2) is 4.45. The lowest BCUT2D eigenvalue weighted by atomic mass is 9.80. The Bertz CT molecular complexity index is 287. The van der Waals surface area contributed by atoms with Crippen molar-refractivity contribution in [2.45, 2.75) is 39.5 Å². The first-order valence-corrected chi connectivity index (χ1v) is 5.15. The quantitative estimate of drug-likeness (QED) is 0.701. The normalized spacial score (nSPS) is 22.3. The predicted molar refractivity (Wildman–Crippen MR) is 57.1 cm³/mol. The molecule has 0 aromatic carbocycles. The molecule has 0 radical (unpaired) electrons. The Kier molecular flexibility index (Phi) is 3.50. The number of aliphatic carboxylic acids is 1. The molecule has 0 fully saturated rings. The maximum atomic E-state index is 10.9. The van der Waals surface area contributed by atoms with E-state index in [0.29, 0.717) is 17.9 Å². The van der Waals surface area contributed by atoms with E-state index < -0.39 is 5.97 Å². The van der Waals surface area contributed by atoms with Gasteiger partial charge in [0.05, 0.1) is 0 Å². The molecule has 1 rings (SSSR count). The van der Waals surface area contributed by atoms with Gasteiger partial charge in [0.2, 0.25) is 0 Å². The zero-order valence-electron chi connectivity index (χ0n) is 8.97. The van der Waals surface area contributed by atoms with Crippen LogP contribution in [0.2, 0.25) is 0 Å². The monoisotopic (exact) mass is 194 g/mol. The minimum absolute atomic E-state index is 0.494. The van der Waals surface area contributed by atoms with Crippen LogP contribution in [0.5, 0.6) is 0 Å². The van der Waals surface area contributed by atoms with Gasteiger partial charge in [-0.15, -0.1) is 0 Å². The van der Waals surface area contributed by atoms with E-state index in [-0.39, 0.29) is 0 Å². The molecule has 0 aliphatic heterocycles. The van der Waals surface area contributed by atoms with E-state index in [1.807, 2.05) is 13.8 Å². The van der Waals surface area contributed by atoms with Crippen molar-refractivity contribution in [3.8, 4) is 0 Å². The first kappa shape index (κ1) is 11.0. The summed E-state index contributed by atoms with van der Waals surface area (Å²) in [5.41, 5.74) is 2.93. The van der Waals surface area contributed by atoms with Crippen LogP contribution >= 0.6 is 0 Å². The molecule has 0 bridgehead atoms. The van der Waals surface area contributed by atoms with Crippen LogP contribution in [0.3, 0.4) is 0 Å². The highest BCUT2D eigenvalue weighted by Gasteiger charge is 2.23. The van der Waals surface area contributed by atoms with Crippen LogP contribution in [-0.4, -0.2) is 11.1 Å². The molecule has 0 heterocycles. The van der Waals surface area contributed by atoms with Gasteiger partial charge in [0, 0.05) is 5.57 Å². The first-order valence-electron chi connectivity index (χ1n) is 5.15. The second-order valence-corrected chi connectivity index (χ2v) is 4.03. The Labute approximate surface area is 85.3 Å². The zero-order chi connectivity index (χ0) is 10.7. The predicted octanol–water partition coefficient (Wildman–Crippen LogP) is 3.15. The van der Waals surface area contributed by atoms with Crippen molar-refractivity contribution in [3.05, 3.63) is 23.3 Å². The Balaban J connectivity index is 2.85. The van der Waals surface area contributed by atoms with Crippen LogP contribution in [0.1, 0.15) is 39.5 Å². The van der Waals surface area contributed by atoms with Crippen LogP contribution in [-0.2, 0) is 4.79 Å². The molecule has 0 saturated heterocycles. The molecule has 2 nitrogen and oxygen atoms in total. The molecular weight excluding hydrogens is 176 g/mol. The summed E-state index contributed by atoms with van der Waals surface area (Å²) in [6.45, 7) is 8.01. The average Bonchev–Trinajstić information content (AvgIpc) is 2.16. The van der Waals surface area contributed by atoms with Crippen molar-refractivity contribution in [1.29, 1.82) is 0 Å². The molecule has 78 valence electrons. The van der Waals surface area contributed by atoms with Gasteiger partial charge in [-0.2, -0.15) is 0 Å². The molecule has 1 atom stereocenters. The van der Waals surface area contributed by atoms with Crippen molar-refractivity contribution in [1.82, 2.24) is 0 Å². The fraction of sp³-hybridized carbons (Fsp3) is 0.583. The molecule has 1 N–H and O–H groups in total. The van der Waals surface area contributed by atoms with Crippen molar-refractivity contribution in [3.63, 3.8) is 0 Å². The zero-order valence-corrected chi connectivity index (χ0v) is 8.97. The number of hydrogen-bond donors (Lipinski definition) is 1. The van der Waals surface area contributed by atoms with E-state index in [9.17, 15) is 4.79 Å². The van der Waals surface area contributed by atoms with Crippen molar-refractivity contribution >= 4 is 5.97 Å². The van der Waals surface area contributed by atoms with Crippen LogP contribution < -0.4 is 0 Å². The third-order valence-electron chi connectivity index (χ3n) is 3.04. The Hall–Kier alpha value is -1.05. The first-order chi connectivity index (χ1) is 6.56. The van der Waals surface area contributed by atoms with Crippen LogP contribution in [0.25, 0.3) is 0 Å². The topological polar surface area (TPSA) is 37.3 Å². The smallest absolute Gasteiger partial charge is 0.331 e. The van der Waals surface area contributed by atoms with Gasteiger partial charge in [-0.05, 0) is 38.5 Å². The van der Waals surface area contributed by atoms with Crippen molar-refractivity contribution in [2.24, 2.45) is 5.92 Å². The Morgan fingerprint density at radius 1 is 1.64 bits per heavy atom. The van der Waals surface area contributed by atoms with E-state index in [0.717, 1.165) is 24.8 Å². The fourth-order valence-corrected chi connectivity index (χ4v) is 2.05. The number of carboxylic acids is 1. The number of carbonyl (C=O) groups is 1. The summed E-state index contributed by atoms with van der Waals surface area (Å²) < 4.78 is 0. The lowest BCUT2D eigenvalue weighted by Crippen LogP contribution is -2.15. The highest BCUT2D eigenvalue weighted by Crippen LogP contribution is 2.34. The number of carboxylic acid groups (broad SMARTS) is 1. The molecule has 0 aromatic heterocycles. The lowest BCUT2D eigenvalue weighted by Gasteiger charge is -2.25. The van der Waals surface area contributed by atoms with Gasteiger partial charge in [0.1, 0.15) is 0 Å². The molecule has 14 heavy (non-hydrogen) atoms. The molecular formula is C12H18O2. The van der Waals surface area contributed by atoms with E-state index in [1.165, 1.54) is 5.57 Å². The molecule has 1 aliphatic carbocycles. The molecule has 0 saturated carbocycles. The van der Waals surface area contributed by atoms with Crippen molar-refractivity contribution < 1.29 is 9.90 Å². The molecule has 0 unspecified atom stereocenters. The number of hydrogen-bond acceptors (Lipinski definition) is 1. The van der Waals surface area contributed by atoms with Gasteiger partial charge < -0.3 is 5.11 Å². The van der Waals surface area contributed by atoms with E-state index in [1.54, 1.807) is 0 Å². The largest absolute Gasteiger partial charge is 0.478 e. The SMILES string of the molecule is C=C(C)[C@@H]1CCC(C(=O)O)=C(CC)C1. The molecule has 0 aromatic rings. The fourth-order valence-electron chi connectivity index (χ4n) is 2.05. The molecule has 0 amide bonds. The molecule has 2 heteroatoms. The Morgan fingerprint density at radius 2 is 2.29 bits per heavy atom.